The molecule has 0 fully saturated rings. The molecular weight excluding hydrogens is 296 g/mol. The Morgan fingerprint density at radius 3 is 2.35 bits per heavy atom. The minimum atomic E-state index is -0.492. The van der Waals surface area contributed by atoms with Gasteiger partial charge in [0.15, 0.2) is 0 Å². The van der Waals surface area contributed by atoms with E-state index in [1.807, 2.05) is 0 Å². The lowest BCUT2D eigenvalue weighted by Gasteiger charge is -2.19. The van der Waals surface area contributed by atoms with Crippen LogP contribution in [-0.4, -0.2) is 38.0 Å². The van der Waals surface area contributed by atoms with E-state index in [1.165, 1.54) is 35.7 Å². The lowest BCUT2D eigenvalue weighted by Crippen LogP contribution is -2.38. The molecule has 0 aliphatic heterocycles. The fourth-order valence-corrected chi connectivity index (χ4v) is 2.29. The van der Waals surface area contributed by atoms with Gasteiger partial charge in [-0.3, -0.25) is 18.7 Å². The van der Waals surface area contributed by atoms with Crippen molar-refractivity contribution in [3.63, 3.8) is 0 Å². The Hall–Kier alpha value is -2.96. The monoisotopic (exact) mass is 314 g/mol. The van der Waals surface area contributed by atoms with Crippen LogP contribution in [0.2, 0.25) is 0 Å². The molecule has 0 spiro atoms. The largest absolute Gasteiger partial charge is 0.332 e. The Balaban J connectivity index is 2.62. The van der Waals surface area contributed by atoms with Crippen LogP contribution >= 0.6 is 0 Å². The number of hydrogen-bond donors (Lipinski definition) is 0. The van der Waals surface area contributed by atoms with E-state index in [-0.39, 0.29) is 22.6 Å². The predicted molar refractivity (Wildman–Crippen MR) is 88.5 cm³/mol. The van der Waals surface area contributed by atoms with Crippen molar-refractivity contribution in [1.82, 2.24) is 19.0 Å². The van der Waals surface area contributed by atoms with Gasteiger partial charge >= 0.3 is 5.69 Å². The molecule has 0 N–H and O–H groups in total. The number of carbonyl (C=O) groups is 1. The SMILES string of the molecule is C=CCN(CC=C)C(=O)c1ccc2c(=O)n(C)c(=O)n(C)c2n1. The molecule has 0 saturated heterocycles. The second-order valence-corrected chi connectivity index (χ2v) is 5.06. The summed E-state index contributed by atoms with van der Waals surface area (Å²) < 4.78 is 2.26. The van der Waals surface area contributed by atoms with Crippen molar-refractivity contribution >= 4 is 16.9 Å². The lowest BCUT2D eigenvalue weighted by molar-refractivity contribution is 0.0785. The summed E-state index contributed by atoms with van der Waals surface area (Å²) in [5.74, 6) is -0.320. The maximum absolute atomic E-state index is 12.5. The number of aromatic nitrogens is 3. The van der Waals surface area contributed by atoms with Crippen molar-refractivity contribution in [3.8, 4) is 0 Å². The molecule has 0 aliphatic rings. The van der Waals surface area contributed by atoms with Crippen LogP contribution in [0.4, 0.5) is 0 Å². The molecule has 2 heterocycles. The number of carbonyl (C=O) groups excluding carboxylic acids is 1. The molecule has 2 aromatic heterocycles. The third-order valence-electron chi connectivity index (χ3n) is 3.51. The molecule has 0 saturated carbocycles. The summed E-state index contributed by atoms with van der Waals surface area (Å²) in [6.07, 6.45) is 3.21. The zero-order chi connectivity index (χ0) is 17.1. The fraction of sp³-hybridized carbons (Fsp3) is 0.250. The first-order chi connectivity index (χ1) is 10.9. The second-order valence-electron chi connectivity index (χ2n) is 5.06. The number of amides is 1. The standard InChI is InChI=1S/C16H18N4O3/c1-5-9-20(10-6-2)15(22)12-8-7-11-13(17-12)18(3)16(23)19(4)14(11)21/h5-8H,1-2,9-10H2,3-4H3. The molecule has 0 radical (unpaired) electrons. The van der Waals surface area contributed by atoms with Gasteiger partial charge in [0.1, 0.15) is 11.3 Å². The number of hydrogen-bond acceptors (Lipinski definition) is 4. The fourth-order valence-electron chi connectivity index (χ4n) is 2.29. The van der Waals surface area contributed by atoms with E-state index in [9.17, 15) is 14.4 Å². The van der Waals surface area contributed by atoms with E-state index < -0.39 is 11.2 Å². The van der Waals surface area contributed by atoms with Crippen LogP contribution in [-0.2, 0) is 14.1 Å². The molecule has 0 unspecified atom stereocenters. The summed E-state index contributed by atoms with van der Waals surface area (Å²) in [7, 11) is 2.91. The van der Waals surface area contributed by atoms with Gasteiger partial charge in [-0.25, -0.2) is 9.78 Å². The van der Waals surface area contributed by atoms with E-state index >= 15 is 0 Å². The molecule has 0 aromatic carbocycles. The van der Waals surface area contributed by atoms with Gasteiger partial charge in [-0.05, 0) is 12.1 Å². The summed E-state index contributed by atoms with van der Waals surface area (Å²) in [4.78, 5) is 42.3. The number of aryl methyl sites for hydroxylation is 1. The number of pyridine rings is 1. The highest BCUT2D eigenvalue weighted by Gasteiger charge is 2.17. The van der Waals surface area contributed by atoms with Gasteiger partial charge in [-0.1, -0.05) is 12.2 Å². The third-order valence-corrected chi connectivity index (χ3v) is 3.51. The molecule has 23 heavy (non-hydrogen) atoms. The highest BCUT2D eigenvalue weighted by molar-refractivity contribution is 5.94. The lowest BCUT2D eigenvalue weighted by atomic mass is 10.2. The Morgan fingerprint density at radius 2 is 1.78 bits per heavy atom. The first kappa shape index (κ1) is 16.4. The molecular formula is C16H18N4O3. The average Bonchev–Trinajstić information content (AvgIpc) is 2.56. The van der Waals surface area contributed by atoms with E-state index in [1.54, 1.807) is 12.2 Å². The summed E-state index contributed by atoms with van der Waals surface area (Å²) in [5.41, 5.74) is -0.595. The number of rotatable bonds is 5. The highest BCUT2D eigenvalue weighted by Crippen LogP contribution is 2.09. The maximum atomic E-state index is 12.5. The quantitative estimate of drug-likeness (QED) is 0.751. The first-order valence-electron chi connectivity index (χ1n) is 7.00. The van der Waals surface area contributed by atoms with Gasteiger partial charge in [0.05, 0.1) is 5.39 Å². The molecule has 2 aromatic rings. The topological polar surface area (TPSA) is 77.2 Å². The van der Waals surface area contributed by atoms with Gasteiger partial charge in [0.2, 0.25) is 0 Å². The van der Waals surface area contributed by atoms with Crippen molar-refractivity contribution < 1.29 is 4.79 Å². The number of nitrogens with zero attached hydrogens (tertiary/aromatic N) is 4. The zero-order valence-electron chi connectivity index (χ0n) is 13.2. The molecule has 0 bridgehead atoms. The van der Waals surface area contributed by atoms with Crippen LogP contribution in [0.3, 0.4) is 0 Å². The summed E-state index contributed by atoms with van der Waals surface area (Å²) >= 11 is 0. The zero-order valence-corrected chi connectivity index (χ0v) is 13.2. The average molecular weight is 314 g/mol. The minimum absolute atomic E-state index is 0.157. The van der Waals surface area contributed by atoms with Crippen molar-refractivity contribution in [2.24, 2.45) is 14.1 Å². The van der Waals surface area contributed by atoms with Gasteiger partial charge in [0.25, 0.3) is 11.5 Å². The van der Waals surface area contributed by atoms with Crippen molar-refractivity contribution in [1.29, 1.82) is 0 Å². The van der Waals surface area contributed by atoms with Gasteiger partial charge < -0.3 is 4.90 Å². The van der Waals surface area contributed by atoms with Gasteiger partial charge in [-0.2, -0.15) is 0 Å². The molecule has 2 rings (SSSR count). The highest BCUT2D eigenvalue weighted by atomic mass is 16.2. The van der Waals surface area contributed by atoms with Crippen molar-refractivity contribution in [2.45, 2.75) is 0 Å². The summed E-state index contributed by atoms with van der Waals surface area (Å²) in [6.45, 7) is 7.93. The minimum Gasteiger partial charge on any atom is -0.330 e. The first-order valence-corrected chi connectivity index (χ1v) is 7.00. The summed E-state index contributed by atoms with van der Waals surface area (Å²) in [6, 6.07) is 2.99. The van der Waals surface area contributed by atoms with E-state index in [0.29, 0.717) is 13.1 Å². The van der Waals surface area contributed by atoms with Crippen LogP contribution < -0.4 is 11.2 Å². The van der Waals surface area contributed by atoms with Crippen LogP contribution in [0.15, 0.2) is 47.0 Å². The Morgan fingerprint density at radius 1 is 1.17 bits per heavy atom. The van der Waals surface area contributed by atoms with Crippen LogP contribution in [0.5, 0.6) is 0 Å². The Bertz CT molecular complexity index is 898. The number of fused-ring (bicyclic) bond motifs is 1. The van der Waals surface area contributed by atoms with Crippen LogP contribution in [0, 0.1) is 0 Å². The molecule has 0 atom stereocenters. The van der Waals surface area contributed by atoms with Gasteiger partial charge in [-0.15, -0.1) is 13.2 Å². The molecule has 7 nitrogen and oxygen atoms in total. The molecule has 0 aliphatic carbocycles. The van der Waals surface area contributed by atoms with Crippen LogP contribution in [0.1, 0.15) is 10.5 Å². The van der Waals surface area contributed by atoms with E-state index in [2.05, 4.69) is 18.1 Å². The molecule has 7 heteroatoms. The molecule has 1 amide bonds. The third kappa shape index (κ3) is 2.85. The molecule has 120 valence electrons. The summed E-state index contributed by atoms with van der Waals surface area (Å²) in [5, 5.41) is 0.283. The van der Waals surface area contributed by atoms with E-state index in [4.69, 9.17) is 0 Å². The van der Waals surface area contributed by atoms with Gasteiger partial charge in [0, 0.05) is 27.2 Å². The predicted octanol–water partition coefficient (Wildman–Crippen LogP) is 0.446. The smallest absolute Gasteiger partial charge is 0.330 e. The van der Waals surface area contributed by atoms with Crippen molar-refractivity contribution in [2.75, 3.05) is 13.1 Å². The Kier molecular flexibility index (Phi) is 4.59. The maximum Gasteiger partial charge on any atom is 0.332 e. The second kappa shape index (κ2) is 6.43. The van der Waals surface area contributed by atoms with Crippen molar-refractivity contribution in [3.05, 3.63) is 64.0 Å². The Labute approximate surface area is 132 Å². The van der Waals surface area contributed by atoms with E-state index in [0.717, 1.165) is 4.57 Å². The van der Waals surface area contributed by atoms with Crippen LogP contribution in [0.25, 0.3) is 11.0 Å². The normalized spacial score (nSPS) is 10.5.